The molecule has 0 radical (unpaired) electrons. The normalized spacial score (nSPS) is 21.7. The minimum atomic E-state index is -0.0432. The van der Waals surface area contributed by atoms with Crippen LogP contribution in [0.4, 0.5) is 5.82 Å². The lowest BCUT2D eigenvalue weighted by Gasteiger charge is -2.34. The molecule has 1 N–H and O–H groups in total. The number of anilines is 1. The monoisotopic (exact) mass is 319 g/mol. The largest absolute Gasteiger partial charge is 0.353 e. The van der Waals surface area contributed by atoms with Gasteiger partial charge in [0.15, 0.2) is 0 Å². The number of aromatic amines is 1. The minimum absolute atomic E-state index is 0.0432. The molecule has 0 amide bonds. The third-order valence-corrected chi connectivity index (χ3v) is 3.83. The van der Waals surface area contributed by atoms with Crippen LogP contribution in [0.15, 0.2) is 11.1 Å². The number of H-pyrrole nitrogens is 1. The van der Waals surface area contributed by atoms with Gasteiger partial charge in [0.1, 0.15) is 9.39 Å². The van der Waals surface area contributed by atoms with E-state index in [1.807, 2.05) is 0 Å². The van der Waals surface area contributed by atoms with Crippen LogP contribution in [-0.2, 0) is 0 Å². The molecular formula is C10H14IN3O. The Kier molecular flexibility index (Phi) is 3.28. The van der Waals surface area contributed by atoms with E-state index in [-0.39, 0.29) is 5.56 Å². The van der Waals surface area contributed by atoms with Crippen molar-refractivity contribution in [1.82, 2.24) is 9.97 Å². The molecule has 1 aliphatic heterocycles. The smallest absolute Gasteiger partial charge is 0.266 e. The summed E-state index contributed by atoms with van der Waals surface area (Å²) in [6.07, 6.45) is 5.14. The van der Waals surface area contributed by atoms with Crippen molar-refractivity contribution in [2.24, 2.45) is 0 Å². The Morgan fingerprint density at radius 2 is 2.40 bits per heavy atom. The van der Waals surface area contributed by atoms with E-state index < -0.39 is 0 Å². The lowest BCUT2D eigenvalue weighted by molar-refractivity contribution is 0.480. The highest BCUT2D eigenvalue weighted by Crippen LogP contribution is 2.24. The third-order valence-electron chi connectivity index (χ3n) is 2.85. The van der Waals surface area contributed by atoms with Crippen LogP contribution in [0.5, 0.6) is 0 Å². The van der Waals surface area contributed by atoms with Gasteiger partial charge in [-0.3, -0.25) is 4.79 Å². The SMILES string of the molecule is CC1CCCCN1c1nc[nH]c(=O)c1I. The molecule has 0 spiro atoms. The number of nitrogens with zero attached hydrogens (tertiary/aromatic N) is 2. The van der Waals surface area contributed by atoms with Crippen molar-refractivity contribution in [3.63, 3.8) is 0 Å². The molecule has 5 heteroatoms. The van der Waals surface area contributed by atoms with E-state index in [1.54, 1.807) is 0 Å². The molecule has 1 aliphatic rings. The Morgan fingerprint density at radius 3 is 3.13 bits per heavy atom. The second kappa shape index (κ2) is 4.51. The lowest BCUT2D eigenvalue weighted by Crippen LogP contribution is -2.39. The first-order valence-corrected chi connectivity index (χ1v) is 6.28. The maximum absolute atomic E-state index is 11.5. The fourth-order valence-corrected chi connectivity index (χ4v) is 2.59. The van der Waals surface area contributed by atoms with Crippen LogP contribution in [0.1, 0.15) is 26.2 Å². The van der Waals surface area contributed by atoms with Gasteiger partial charge in [-0.05, 0) is 48.8 Å². The molecule has 2 heterocycles. The van der Waals surface area contributed by atoms with Gasteiger partial charge >= 0.3 is 0 Å². The first kappa shape index (κ1) is 10.9. The molecule has 0 saturated carbocycles. The molecule has 1 atom stereocenters. The Balaban J connectivity index is 2.35. The molecular weight excluding hydrogens is 305 g/mol. The Labute approximate surface area is 102 Å². The van der Waals surface area contributed by atoms with Crippen LogP contribution in [0, 0.1) is 3.57 Å². The van der Waals surface area contributed by atoms with Gasteiger partial charge in [-0.25, -0.2) is 4.98 Å². The Morgan fingerprint density at radius 1 is 1.60 bits per heavy atom. The molecule has 0 aromatic carbocycles. The first-order valence-electron chi connectivity index (χ1n) is 5.20. The van der Waals surface area contributed by atoms with E-state index in [9.17, 15) is 4.79 Å². The average molecular weight is 319 g/mol. The molecule has 0 bridgehead atoms. The second-order valence-electron chi connectivity index (χ2n) is 3.91. The van der Waals surface area contributed by atoms with E-state index in [0.29, 0.717) is 9.61 Å². The molecule has 1 fully saturated rings. The van der Waals surface area contributed by atoms with E-state index in [2.05, 4.69) is 44.4 Å². The summed E-state index contributed by atoms with van der Waals surface area (Å²) in [4.78, 5) is 20.6. The summed E-state index contributed by atoms with van der Waals surface area (Å²) in [6, 6.07) is 0.488. The molecule has 4 nitrogen and oxygen atoms in total. The number of hydrogen-bond donors (Lipinski definition) is 1. The zero-order chi connectivity index (χ0) is 10.8. The van der Waals surface area contributed by atoms with Crippen LogP contribution < -0.4 is 10.5 Å². The van der Waals surface area contributed by atoms with Crippen molar-refractivity contribution < 1.29 is 0 Å². The molecule has 1 unspecified atom stereocenters. The number of rotatable bonds is 1. The van der Waals surface area contributed by atoms with Crippen molar-refractivity contribution in [3.05, 3.63) is 20.3 Å². The molecule has 1 saturated heterocycles. The van der Waals surface area contributed by atoms with Gasteiger partial charge < -0.3 is 9.88 Å². The van der Waals surface area contributed by atoms with Crippen LogP contribution in [0.2, 0.25) is 0 Å². The predicted octanol–water partition coefficient (Wildman–Crippen LogP) is 1.75. The summed E-state index contributed by atoms with van der Waals surface area (Å²) in [7, 11) is 0. The fourth-order valence-electron chi connectivity index (χ4n) is 1.99. The zero-order valence-electron chi connectivity index (χ0n) is 8.66. The zero-order valence-corrected chi connectivity index (χ0v) is 10.8. The van der Waals surface area contributed by atoms with E-state index in [0.717, 1.165) is 12.4 Å². The van der Waals surface area contributed by atoms with Crippen molar-refractivity contribution in [2.75, 3.05) is 11.4 Å². The minimum Gasteiger partial charge on any atom is -0.353 e. The summed E-state index contributed by atoms with van der Waals surface area (Å²) in [5.74, 6) is 0.839. The summed E-state index contributed by atoms with van der Waals surface area (Å²) < 4.78 is 0.698. The van der Waals surface area contributed by atoms with Gasteiger partial charge in [-0.2, -0.15) is 0 Å². The summed E-state index contributed by atoms with van der Waals surface area (Å²) in [5.41, 5.74) is -0.0432. The number of aromatic nitrogens is 2. The lowest BCUT2D eigenvalue weighted by atomic mass is 10.0. The standard InChI is InChI=1S/C10H14IN3O/c1-7-4-2-3-5-14(7)9-8(11)10(15)13-6-12-9/h6-7H,2-5H2,1H3,(H,12,13,15). The van der Waals surface area contributed by atoms with Crippen molar-refractivity contribution >= 4 is 28.4 Å². The molecule has 0 aliphatic carbocycles. The van der Waals surface area contributed by atoms with Gasteiger partial charge in [0.05, 0.1) is 6.33 Å². The maximum Gasteiger partial charge on any atom is 0.266 e. The topological polar surface area (TPSA) is 49.0 Å². The average Bonchev–Trinajstić information content (AvgIpc) is 2.23. The summed E-state index contributed by atoms with van der Waals surface area (Å²) in [6.45, 7) is 3.20. The van der Waals surface area contributed by atoms with E-state index >= 15 is 0 Å². The van der Waals surface area contributed by atoms with Crippen molar-refractivity contribution in [1.29, 1.82) is 0 Å². The van der Waals surface area contributed by atoms with Gasteiger partial charge in [-0.15, -0.1) is 0 Å². The number of nitrogens with one attached hydrogen (secondary N) is 1. The number of halogens is 1. The van der Waals surface area contributed by atoms with Crippen LogP contribution >= 0.6 is 22.6 Å². The quantitative estimate of drug-likeness (QED) is 0.803. The molecule has 15 heavy (non-hydrogen) atoms. The molecule has 1 aromatic rings. The highest BCUT2D eigenvalue weighted by atomic mass is 127. The van der Waals surface area contributed by atoms with Crippen LogP contribution in [-0.4, -0.2) is 22.6 Å². The second-order valence-corrected chi connectivity index (χ2v) is 4.99. The Bertz CT molecular complexity index is 404. The van der Waals surface area contributed by atoms with Gasteiger partial charge in [0.2, 0.25) is 0 Å². The predicted molar refractivity (Wildman–Crippen MR) is 68.2 cm³/mol. The van der Waals surface area contributed by atoms with Gasteiger partial charge in [0.25, 0.3) is 5.56 Å². The molecule has 1 aromatic heterocycles. The van der Waals surface area contributed by atoms with Gasteiger partial charge in [-0.1, -0.05) is 0 Å². The summed E-state index contributed by atoms with van der Waals surface area (Å²) in [5, 5.41) is 0. The Hall–Kier alpha value is -0.590. The van der Waals surface area contributed by atoms with Gasteiger partial charge in [0, 0.05) is 12.6 Å². The van der Waals surface area contributed by atoms with Crippen molar-refractivity contribution in [2.45, 2.75) is 32.2 Å². The fraction of sp³-hybridized carbons (Fsp3) is 0.600. The van der Waals surface area contributed by atoms with Crippen LogP contribution in [0.3, 0.4) is 0 Å². The molecule has 2 rings (SSSR count). The van der Waals surface area contributed by atoms with Crippen molar-refractivity contribution in [3.8, 4) is 0 Å². The molecule has 82 valence electrons. The van der Waals surface area contributed by atoms with E-state index in [1.165, 1.54) is 25.6 Å². The third kappa shape index (κ3) is 2.16. The van der Waals surface area contributed by atoms with E-state index in [4.69, 9.17) is 0 Å². The number of hydrogen-bond acceptors (Lipinski definition) is 3. The highest BCUT2D eigenvalue weighted by molar-refractivity contribution is 14.1. The first-order chi connectivity index (χ1) is 7.20. The maximum atomic E-state index is 11.5. The number of piperidine rings is 1. The highest BCUT2D eigenvalue weighted by Gasteiger charge is 2.22. The van der Waals surface area contributed by atoms with Crippen LogP contribution in [0.25, 0.3) is 0 Å². The summed E-state index contributed by atoms with van der Waals surface area (Å²) >= 11 is 2.07.